The van der Waals surface area contributed by atoms with E-state index in [1.807, 2.05) is 0 Å². The van der Waals surface area contributed by atoms with E-state index < -0.39 is 5.97 Å². The van der Waals surface area contributed by atoms with Gasteiger partial charge in [-0.05, 0) is 47.0 Å². The maximum atomic E-state index is 12.1. The van der Waals surface area contributed by atoms with Crippen LogP contribution in [0.3, 0.4) is 0 Å². The van der Waals surface area contributed by atoms with Crippen molar-refractivity contribution in [1.29, 1.82) is 0 Å². The van der Waals surface area contributed by atoms with Crippen LogP contribution >= 0.6 is 15.9 Å². The molecule has 1 aliphatic carbocycles. The van der Waals surface area contributed by atoms with E-state index in [4.69, 9.17) is 5.11 Å². The Kier molecular flexibility index (Phi) is 4.65. The maximum Gasteiger partial charge on any atom is 0.336 e. The second-order valence-corrected chi connectivity index (χ2v) is 5.83. The monoisotopic (exact) mass is 340 g/mol. The SMILES string of the molecule is CN(C(=O)Nc1ccc(Br)c(C(=O)O)c1)C1CCCC1. The lowest BCUT2D eigenvalue weighted by Gasteiger charge is -2.24. The summed E-state index contributed by atoms with van der Waals surface area (Å²) >= 11 is 3.18. The summed E-state index contributed by atoms with van der Waals surface area (Å²) in [5, 5.41) is 11.8. The highest BCUT2D eigenvalue weighted by Gasteiger charge is 2.23. The molecular weight excluding hydrogens is 324 g/mol. The van der Waals surface area contributed by atoms with Crippen LogP contribution < -0.4 is 5.32 Å². The molecule has 0 bridgehead atoms. The van der Waals surface area contributed by atoms with E-state index in [1.165, 1.54) is 6.07 Å². The molecule has 0 aromatic heterocycles. The number of carbonyl (C=O) groups is 2. The Balaban J connectivity index is 2.07. The first kappa shape index (κ1) is 14.8. The number of aromatic carboxylic acids is 1. The molecule has 2 rings (SSSR count). The van der Waals surface area contributed by atoms with Gasteiger partial charge < -0.3 is 15.3 Å². The average Bonchev–Trinajstić information content (AvgIpc) is 2.93. The number of carbonyl (C=O) groups excluding carboxylic acids is 1. The lowest BCUT2D eigenvalue weighted by atomic mass is 10.2. The fourth-order valence-electron chi connectivity index (χ4n) is 2.44. The van der Waals surface area contributed by atoms with E-state index in [0.717, 1.165) is 25.7 Å². The van der Waals surface area contributed by atoms with Crippen LogP contribution in [0, 0.1) is 0 Å². The first-order valence-corrected chi connectivity index (χ1v) is 7.35. The second kappa shape index (κ2) is 6.26. The quantitative estimate of drug-likeness (QED) is 0.883. The number of nitrogens with one attached hydrogen (secondary N) is 1. The third-order valence-corrected chi connectivity index (χ3v) is 4.33. The molecule has 2 amide bonds. The summed E-state index contributed by atoms with van der Waals surface area (Å²) in [5.41, 5.74) is 0.617. The van der Waals surface area contributed by atoms with E-state index in [2.05, 4.69) is 21.2 Å². The van der Waals surface area contributed by atoms with Gasteiger partial charge in [-0.15, -0.1) is 0 Å². The Morgan fingerprint density at radius 3 is 2.60 bits per heavy atom. The lowest BCUT2D eigenvalue weighted by Crippen LogP contribution is -2.38. The highest BCUT2D eigenvalue weighted by Crippen LogP contribution is 2.24. The molecule has 1 aromatic rings. The smallest absolute Gasteiger partial charge is 0.336 e. The Hall–Kier alpha value is -1.56. The van der Waals surface area contributed by atoms with Crippen molar-refractivity contribution in [1.82, 2.24) is 4.90 Å². The van der Waals surface area contributed by atoms with E-state index in [0.29, 0.717) is 10.2 Å². The number of hydrogen-bond acceptors (Lipinski definition) is 2. The van der Waals surface area contributed by atoms with Gasteiger partial charge in [0.25, 0.3) is 0 Å². The predicted molar refractivity (Wildman–Crippen MR) is 80.1 cm³/mol. The van der Waals surface area contributed by atoms with Crippen LogP contribution in [0.1, 0.15) is 36.0 Å². The van der Waals surface area contributed by atoms with Crippen molar-refractivity contribution in [3.8, 4) is 0 Å². The molecule has 1 aromatic carbocycles. The molecule has 5 nitrogen and oxygen atoms in total. The minimum absolute atomic E-state index is 0.131. The minimum atomic E-state index is -1.03. The number of nitrogens with zero attached hydrogens (tertiary/aromatic N) is 1. The molecule has 2 N–H and O–H groups in total. The van der Waals surface area contributed by atoms with Crippen LogP contribution in [0.5, 0.6) is 0 Å². The van der Waals surface area contributed by atoms with E-state index in [9.17, 15) is 9.59 Å². The van der Waals surface area contributed by atoms with Crippen molar-refractivity contribution in [3.05, 3.63) is 28.2 Å². The molecular formula is C14H17BrN2O3. The van der Waals surface area contributed by atoms with Crippen molar-refractivity contribution in [2.45, 2.75) is 31.7 Å². The Morgan fingerprint density at radius 1 is 1.35 bits per heavy atom. The number of carboxylic acid groups (broad SMARTS) is 1. The molecule has 6 heteroatoms. The first-order valence-electron chi connectivity index (χ1n) is 6.55. The third kappa shape index (κ3) is 3.30. The van der Waals surface area contributed by atoms with E-state index in [-0.39, 0.29) is 17.6 Å². The molecule has 1 aliphatic rings. The summed E-state index contributed by atoms with van der Waals surface area (Å²) in [6, 6.07) is 4.83. The minimum Gasteiger partial charge on any atom is -0.478 e. The second-order valence-electron chi connectivity index (χ2n) is 4.98. The number of rotatable bonds is 3. The summed E-state index contributed by atoms with van der Waals surface area (Å²) in [4.78, 5) is 24.9. The Bertz CT molecular complexity index is 527. The topological polar surface area (TPSA) is 69.6 Å². The lowest BCUT2D eigenvalue weighted by molar-refractivity contribution is 0.0696. The van der Waals surface area contributed by atoms with Crippen LogP contribution in [-0.2, 0) is 0 Å². The Morgan fingerprint density at radius 2 is 2.00 bits per heavy atom. The molecule has 1 fully saturated rings. The molecule has 0 atom stereocenters. The molecule has 1 saturated carbocycles. The largest absolute Gasteiger partial charge is 0.478 e. The van der Waals surface area contributed by atoms with Crippen molar-refractivity contribution < 1.29 is 14.7 Å². The first-order chi connectivity index (χ1) is 9.49. The van der Waals surface area contributed by atoms with Crippen molar-refractivity contribution >= 4 is 33.6 Å². The molecule has 0 spiro atoms. The summed E-state index contributed by atoms with van der Waals surface area (Å²) in [6.07, 6.45) is 4.38. The zero-order valence-corrected chi connectivity index (χ0v) is 12.8. The zero-order valence-electron chi connectivity index (χ0n) is 11.2. The number of hydrogen-bond donors (Lipinski definition) is 2. The van der Waals surface area contributed by atoms with Gasteiger partial charge in [-0.2, -0.15) is 0 Å². The third-order valence-electron chi connectivity index (χ3n) is 3.64. The Labute approximate surface area is 126 Å². The van der Waals surface area contributed by atoms with Gasteiger partial charge in [0.05, 0.1) is 5.56 Å². The highest BCUT2D eigenvalue weighted by molar-refractivity contribution is 9.10. The molecule has 0 aliphatic heterocycles. The standard InChI is InChI=1S/C14H17BrN2O3/c1-17(10-4-2-3-5-10)14(20)16-9-6-7-12(15)11(8-9)13(18)19/h6-8,10H,2-5H2,1H3,(H,16,20)(H,18,19). The molecule has 0 saturated heterocycles. The van der Waals surface area contributed by atoms with Gasteiger partial charge in [0.1, 0.15) is 0 Å². The molecule has 0 heterocycles. The summed E-state index contributed by atoms with van der Waals surface area (Å²) in [6.45, 7) is 0. The van der Waals surface area contributed by atoms with Gasteiger partial charge in [0.2, 0.25) is 0 Å². The van der Waals surface area contributed by atoms with Gasteiger partial charge in [0, 0.05) is 23.2 Å². The number of halogens is 1. The molecule has 20 heavy (non-hydrogen) atoms. The van der Waals surface area contributed by atoms with Crippen molar-refractivity contribution in [2.75, 3.05) is 12.4 Å². The normalized spacial score (nSPS) is 15.1. The summed E-state index contributed by atoms with van der Waals surface area (Å²) in [7, 11) is 1.78. The van der Waals surface area contributed by atoms with Gasteiger partial charge >= 0.3 is 12.0 Å². The highest BCUT2D eigenvalue weighted by atomic mass is 79.9. The number of amides is 2. The van der Waals surface area contributed by atoms with Crippen LogP contribution in [-0.4, -0.2) is 35.1 Å². The fraction of sp³-hybridized carbons (Fsp3) is 0.429. The van der Waals surface area contributed by atoms with Crippen LogP contribution in [0.15, 0.2) is 22.7 Å². The zero-order chi connectivity index (χ0) is 14.7. The van der Waals surface area contributed by atoms with Gasteiger partial charge in [-0.3, -0.25) is 0 Å². The molecule has 0 radical (unpaired) electrons. The number of carboxylic acids is 1. The average molecular weight is 341 g/mol. The van der Waals surface area contributed by atoms with Crippen LogP contribution in [0.25, 0.3) is 0 Å². The number of anilines is 1. The fourth-order valence-corrected chi connectivity index (χ4v) is 2.85. The molecule has 0 unspecified atom stereocenters. The summed E-state index contributed by atoms with van der Waals surface area (Å²) in [5.74, 6) is -1.03. The molecule has 108 valence electrons. The summed E-state index contributed by atoms with van der Waals surface area (Å²) < 4.78 is 0.493. The van der Waals surface area contributed by atoms with E-state index >= 15 is 0 Å². The number of benzene rings is 1. The maximum absolute atomic E-state index is 12.1. The number of urea groups is 1. The van der Waals surface area contributed by atoms with Crippen molar-refractivity contribution in [3.63, 3.8) is 0 Å². The van der Waals surface area contributed by atoms with Crippen molar-refractivity contribution in [2.24, 2.45) is 0 Å². The van der Waals surface area contributed by atoms with Crippen LogP contribution in [0.4, 0.5) is 10.5 Å². The van der Waals surface area contributed by atoms with Gasteiger partial charge in [-0.1, -0.05) is 12.8 Å². The van der Waals surface area contributed by atoms with E-state index in [1.54, 1.807) is 24.1 Å². The van der Waals surface area contributed by atoms with Crippen LogP contribution in [0.2, 0.25) is 0 Å². The van der Waals surface area contributed by atoms with Gasteiger partial charge in [0.15, 0.2) is 0 Å². The predicted octanol–water partition coefficient (Wildman–Crippen LogP) is 3.55. The van der Waals surface area contributed by atoms with Gasteiger partial charge in [-0.25, -0.2) is 9.59 Å².